The standard InChI is InChI=1S/C17H18N4OS/c1-13-11-14(2)20-17(19-13)23-12-16(22)21-18-10-6-9-15-7-4-3-5-8-15/h3-11H,12H2,1-2H3,(H,21,22)/b9-6+,18-10?. The molecule has 2 aromatic rings. The number of nitrogens with one attached hydrogen (secondary N) is 1. The summed E-state index contributed by atoms with van der Waals surface area (Å²) in [6, 6.07) is 11.8. The predicted octanol–water partition coefficient (Wildman–Crippen LogP) is 3.00. The molecule has 118 valence electrons. The number of amides is 1. The van der Waals surface area contributed by atoms with Crippen LogP contribution in [-0.2, 0) is 4.79 Å². The Morgan fingerprint density at radius 1 is 1.22 bits per heavy atom. The number of carbonyl (C=O) groups is 1. The maximum atomic E-state index is 11.7. The summed E-state index contributed by atoms with van der Waals surface area (Å²) in [5.74, 6) is 0.0324. The Labute approximate surface area is 139 Å². The molecule has 5 nitrogen and oxygen atoms in total. The van der Waals surface area contributed by atoms with Gasteiger partial charge in [0.2, 0.25) is 0 Å². The van der Waals surface area contributed by atoms with Crippen molar-refractivity contribution in [3.8, 4) is 0 Å². The van der Waals surface area contributed by atoms with Gasteiger partial charge in [0.1, 0.15) is 0 Å². The lowest BCUT2D eigenvalue weighted by Gasteiger charge is -2.02. The molecule has 0 radical (unpaired) electrons. The van der Waals surface area contributed by atoms with E-state index in [2.05, 4.69) is 20.5 Å². The number of allylic oxidation sites excluding steroid dienone is 1. The smallest absolute Gasteiger partial charge is 0.250 e. The lowest BCUT2D eigenvalue weighted by molar-refractivity contribution is -0.118. The summed E-state index contributed by atoms with van der Waals surface area (Å²) in [5, 5.41) is 4.47. The van der Waals surface area contributed by atoms with Gasteiger partial charge in [-0.3, -0.25) is 4.79 Å². The van der Waals surface area contributed by atoms with E-state index >= 15 is 0 Å². The molecule has 1 aromatic heterocycles. The van der Waals surface area contributed by atoms with E-state index in [9.17, 15) is 4.79 Å². The third-order valence-corrected chi connectivity index (χ3v) is 3.58. The second-order valence-electron chi connectivity index (χ2n) is 4.80. The second kappa shape index (κ2) is 8.85. The molecular weight excluding hydrogens is 308 g/mol. The van der Waals surface area contributed by atoms with Gasteiger partial charge in [-0.15, -0.1) is 0 Å². The molecule has 1 heterocycles. The van der Waals surface area contributed by atoms with Gasteiger partial charge in [0.25, 0.3) is 5.91 Å². The summed E-state index contributed by atoms with van der Waals surface area (Å²) in [5.41, 5.74) is 5.33. The van der Waals surface area contributed by atoms with Crippen LogP contribution in [0, 0.1) is 13.8 Å². The molecule has 0 spiro atoms. The Balaban J connectivity index is 1.74. The van der Waals surface area contributed by atoms with Crippen LogP contribution >= 0.6 is 11.8 Å². The number of rotatable bonds is 6. The zero-order chi connectivity index (χ0) is 16.5. The molecular formula is C17H18N4OS. The topological polar surface area (TPSA) is 67.2 Å². The Morgan fingerprint density at radius 2 is 1.91 bits per heavy atom. The fourth-order valence-corrected chi connectivity index (χ4v) is 2.53. The van der Waals surface area contributed by atoms with Crippen LogP contribution < -0.4 is 5.43 Å². The van der Waals surface area contributed by atoms with E-state index < -0.39 is 0 Å². The molecule has 0 bridgehead atoms. The first-order valence-electron chi connectivity index (χ1n) is 7.12. The van der Waals surface area contributed by atoms with Gasteiger partial charge in [0, 0.05) is 17.6 Å². The van der Waals surface area contributed by atoms with Crippen molar-refractivity contribution in [2.75, 3.05) is 5.75 Å². The first-order chi connectivity index (χ1) is 11.1. The van der Waals surface area contributed by atoms with Crippen LogP contribution in [0.3, 0.4) is 0 Å². The molecule has 1 N–H and O–H groups in total. The number of aryl methyl sites for hydroxylation is 2. The number of thioether (sulfide) groups is 1. The average molecular weight is 326 g/mol. The van der Waals surface area contributed by atoms with Crippen molar-refractivity contribution in [2.24, 2.45) is 5.10 Å². The zero-order valence-electron chi connectivity index (χ0n) is 13.1. The van der Waals surface area contributed by atoms with Gasteiger partial charge in [-0.25, -0.2) is 15.4 Å². The lowest BCUT2D eigenvalue weighted by atomic mass is 10.2. The number of carbonyl (C=O) groups excluding carboxylic acids is 1. The van der Waals surface area contributed by atoms with Gasteiger partial charge in [-0.05, 0) is 31.6 Å². The Hall–Kier alpha value is -2.47. The minimum absolute atomic E-state index is 0.192. The number of benzene rings is 1. The van der Waals surface area contributed by atoms with Crippen LogP contribution in [0.4, 0.5) is 0 Å². The summed E-state index contributed by atoms with van der Waals surface area (Å²) in [6.07, 6.45) is 5.23. The quantitative estimate of drug-likeness (QED) is 0.383. The Morgan fingerprint density at radius 3 is 2.61 bits per heavy atom. The predicted molar refractivity (Wildman–Crippen MR) is 94.3 cm³/mol. The monoisotopic (exact) mass is 326 g/mol. The highest BCUT2D eigenvalue weighted by Crippen LogP contribution is 2.13. The molecule has 6 heteroatoms. The van der Waals surface area contributed by atoms with Crippen molar-refractivity contribution >= 4 is 30.0 Å². The van der Waals surface area contributed by atoms with E-state index in [0.717, 1.165) is 17.0 Å². The molecule has 1 amide bonds. The highest BCUT2D eigenvalue weighted by Gasteiger charge is 2.04. The zero-order valence-corrected chi connectivity index (χ0v) is 13.9. The Kier molecular flexibility index (Phi) is 6.50. The summed E-state index contributed by atoms with van der Waals surface area (Å²) in [4.78, 5) is 20.2. The van der Waals surface area contributed by atoms with E-state index in [1.54, 1.807) is 12.3 Å². The SMILES string of the molecule is Cc1cc(C)nc(SCC(=O)NN=C/C=C/c2ccccc2)n1. The van der Waals surface area contributed by atoms with Crippen LogP contribution in [0.2, 0.25) is 0 Å². The van der Waals surface area contributed by atoms with Crippen molar-refractivity contribution in [3.05, 3.63) is 59.4 Å². The first-order valence-corrected chi connectivity index (χ1v) is 8.11. The largest absolute Gasteiger partial charge is 0.272 e. The number of hydrogen-bond acceptors (Lipinski definition) is 5. The normalized spacial score (nSPS) is 11.2. The van der Waals surface area contributed by atoms with Crippen LogP contribution in [0.15, 0.2) is 52.7 Å². The summed E-state index contributed by atoms with van der Waals surface area (Å²) < 4.78 is 0. The lowest BCUT2D eigenvalue weighted by Crippen LogP contribution is -2.19. The van der Waals surface area contributed by atoms with Gasteiger partial charge in [0.05, 0.1) is 5.75 Å². The first kappa shape index (κ1) is 16.9. The molecule has 2 rings (SSSR count). The van der Waals surface area contributed by atoms with Crippen LogP contribution in [0.25, 0.3) is 6.08 Å². The molecule has 0 atom stereocenters. The van der Waals surface area contributed by atoms with E-state index in [-0.39, 0.29) is 11.7 Å². The molecule has 23 heavy (non-hydrogen) atoms. The van der Waals surface area contributed by atoms with Crippen LogP contribution in [0.1, 0.15) is 17.0 Å². The van der Waals surface area contributed by atoms with Gasteiger partial charge in [0.15, 0.2) is 5.16 Å². The van der Waals surface area contributed by atoms with E-state index in [1.165, 1.54) is 11.8 Å². The van der Waals surface area contributed by atoms with Gasteiger partial charge >= 0.3 is 0 Å². The number of aromatic nitrogens is 2. The van der Waals surface area contributed by atoms with E-state index in [4.69, 9.17) is 0 Å². The summed E-state index contributed by atoms with van der Waals surface area (Å²) >= 11 is 1.29. The minimum Gasteiger partial charge on any atom is -0.272 e. The van der Waals surface area contributed by atoms with E-state index in [1.807, 2.05) is 56.3 Å². The third kappa shape index (κ3) is 6.44. The molecule has 1 aromatic carbocycles. The molecule has 0 aliphatic rings. The third-order valence-electron chi connectivity index (χ3n) is 2.73. The summed E-state index contributed by atoms with van der Waals surface area (Å²) in [7, 11) is 0. The highest BCUT2D eigenvalue weighted by atomic mass is 32.2. The molecule has 0 saturated heterocycles. The highest BCUT2D eigenvalue weighted by molar-refractivity contribution is 7.99. The number of hydrazone groups is 1. The molecule has 0 aliphatic carbocycles. The van der Waals surface area contributed by atoms with Crippen molar-refractivity contribution < 1.29 is 4.79 Å². The molecule has 0 unspecified atom stereocenters. The fourth-order valence-electron chi connectivity index (χ4n) is 1.79. The molecule has 0 saturated carbocycles. The van der Waals surface area contributed by atoms with Crippen LogP contribution in [0.5, 0.6) is 0 Å². The van der Waals surface area contributed by atoms with Crippen molar-refractivity contribution in [1.82, 2.24) is 15.4 Å². The second-order valence-corrected chi connectivity index (χ2v) is 5.75. The fraction of sp³-hybridized carbons (Fsp3) is 0.176. The van der Waals surface area contributed by atoms with Crippen molar-refractivity contribution in [1.29, 1.82) is 0 Å². The molecule has 0 aliphatic heterocycles. The van der Waals surface area contributed by atoms with Gasteiger partial charge in [-0.2, -0.15) is 5.10 Å². The molecule has 0 fully saturated rings. The van der Waals surface area contributed by atoms with Crippen molar-refractivity contribution in [3.63, 3.8) is 0 Å². The van der Waals surface area contributed by atoms with E-state index in [0.29, 0.717) is 5.16 Å². The van der Waals surface area contributed by atoms with Crippen molar-refractivity contribution in [2.45, 2.75) is 19.0 Å². The number of hydrogen-bond donors (Lipinski definition) is 1. The maximum Gasteiger partial charge on any atom is 0.250 e. The Bertz CT molecular complexity index is 694. The van der Waals surface area contributed by atoms with Gasteiger partial charge in [-0.1, -0.05) is 48.2 Å². The summed E-state index contributed by atoms with van der Waals surface area (Å²) in [6.45, 7) is 3.81. The maximum absolute atomic E-state index is 11.7. The minimum atomic E-state index is -0.192. The number of nitrogens with zero attached hydrogens (tertiary/aromatic N) is 3. The van der Waals surface area contributed by atoms with Gasteiger partial charge < -0.3 is 0 Å². The van der Waals surface area contributed by atoms with Crippen LogP contribution in [-0.4, -0.2) is 27.8 Å². The average Bonchev–Trinajstić information content (AvgIpc) is 2.53.